The van der Waals surface area contributed by atoms with Gasteiger partial charge in [0.15, 0.2) is 0 Å². The summed E-state index contributed by atoms with van der Waals surface area (Å²) < 4.78 is 28.1. The summed E-state index contributed by atoms with van der Waals surface area (Å²) in [5, 5.41) is 13.4. The van der Waals surface area contributed by atoms with E-state index in [0.717, 1.165) is 0 Å². The molecule has 0 aliphatic carbocycles. The summed E-state index contributed by atoms with van der Waals surface area (Å²) in [6.45, 7) is 1.29. The van der Waals surface area contributed by atoms with E-state index in [-0.39, 0.29) is 18.8 Å². The van der Waals surface area contributed by atoms with Crippen LogP contribution in [0, 0.1) is 17.0 Å². The zero-order valence-electron chi connectivity index (χ0n) is 9.73. The third-order valence-electron chi connectivity index (χ3n) is 2.07. The van der Waals surface area contributed by atoms with Crippen molar-refractivity contribution in [3.63, 3.8) is 0 Å². The van der Waals surface area contributed by atoms with Crippen LogP contribution in [0.5, 0.6) is 0 Å². The zero-order chi connectivity index (χ0) is 13.5. The molecule has 0 aliphatic heterocycles. The topological polar surface area (TPSA) is 77.3 Å². The number of ether oxygens (including phenoxy) is 1. The highest BCUT2D eigenvalue weighted by molar-refractivity contribution is 5.48. The molecule has 18 heavy (non-hydrogen) atoms. The molecular formula is C10H13F2N3O3. The normalized spacial score (nSPS) is 10.7. The molecule has 0 saturated heterocycles. The van der Waals surface area contributed by atoms with Gasteiger partial charge >= 0.3 is 0 Å². The van der Waals surface area contributed by atoms with Gasteiger partial charge in [0.25, 0.3) is 12.1 Å². The molecule has 0 saturated carbocycles. The monoisotopic (exact) mass is 261 g/mol. The van der Waals surface area contributed by atoms with Gasteiger partial charge in [-0.25, -0.2) is 13.8 Å². The standard InChI is InChI=1S/C10H13F2N3O3/c1-7-5-14-10(4-8(7)15(16)17)13-2-3-18-6-9(11)12/h4-5,9H,2-3,6H2,1H3,(H,13,14). The molecule has 0 spiro atoms. The van der Waals surface area contributed by atoms with Crippen LogP contribution >= 0.6 is 0 Å². The molecule has 0 bridgehead atoms. The van der Waals surface area contributed by atoms with E-state index >= 15 is 0 Å². The van der Waals surface area contributed by atoms with Crippen LogP contribution in [0.1, 0.15) is 5.56 Å². The maximum Gasteiger partial charge on any atom is 0.277 e. The van der Waals surface area contributed by atoms with Gasteiger partial charge in [-0.3, -0.25) is 10.1 Å². The number of nitro groups is 1. The molecule has 1 N–H and O–H groups in total. The van der Waals surface area contributed by atoms with Crippen LogP contribution < -0.4 is 5.32 Å². The minimum atomic E-state index is -2.50. The molecule has 0 radical (unpaired) electrons. The molecule has 8 heteroatoms. The van der Waals surface area contributed by atoms with Crippen molar-refractivity contribution in [3.8, 4) is 0 Å². The Morgan fingerprint density at radius 2 is 2.33 bits per heavy atom. The Bertz CT molecular complexity index is 415. The first-order chi connectivity index (χ1) is 8.50. The summed E-state index contributed by atoms with van der Waals surface area (Å²) in [6, 6.07) is 1.29. The number of aromatic nitrogens is 1. The van der Waals surface area contributed by atoms with E-state index < -0.39 is 18.0 Å². The first kappa shape index (κ1) is 14.2. The fourth-order valence-electron chi connectivity index (χ4n) is 1.23. The van der Waals surface area contributed by atoms with Crippen LogP contribution in [-0.4, -0.2) is 36.1 Å². The molecule has 0 aliphatic rings. The number of hydrogen-bond acceptors (Lipinski definition) is 5. The number of nitrogens with one attached hydrogen (secondary N) is 1. The van der Waals surface area contributed by atoms with Crippen molar-refractivity contribution in [2.45, 2.75) is 13.3 Å². The van der Waals surface area contributed by atoms with E-state index in [1.807, 2.05) is 0 Å². The Morgan fingerprint density at radius 1 is 1.61 bits per heavy atom. The molecule has 1 aromatic rings. The van der Waals surface area contributed by atoms with Gasteiger partial charge in [0.2, 0.25) is 0 Å². The fourth-order valence-corrected chi connectivity index (χ4v) is 1.23. The molecule has 0 fully saturated rings. The lowest BCUT2D eigenvalue weighted by Crippen LogP contribution is -2.13. The van der Waals surface area contributed by atoms with E-state index in [2.05, 4.69) is 15.0 Å². The third kappa shape index (κ3) is 4.58. The van der Waals surface area contributed by atoms with E-state index in [4.69, 9.17) is 0 Å². The Kier molecular flexibility index (Phi) is 5.37. The molecule has 0 amide bonds. The quantitative estimate of drug-likeness (QED) is 0.461. The lowest BCUT2D eigenvalue weighted by atomic mass is 10.2. The first-order valence-electron chi connectivity index (χ1n) is 5.21. The summed E-state index contributed by atoms with van der Waals surface area (Å²) >= 11 is 0. The van der Waals surface area contributed by atoms with Crippen molar-refractivity contribution < 1.29 is 18.4 Å². The molecular weight excluding hydrogens is 248 g/mol. The third-order valence-corrected chi connectivity index (χ3v) is 2.07. The van der Waals surface area contributed by atoms with Gasteiger partial charge in [-0.1, -0.05) is 0 Å². The summed E-state index contributed by atoms with van der Waals surface area (Å²) in [4.78, 5) is 14.1. The van der Waals surface area contributed by atoms with Gasteiger partial charge < -0.3 is 10.1 Å². The number of halogens is 2. The minimum absolute atomic E-state index is 0.0407. The second-order valence-corrected chi connectivity index (χ2v) is 3.51. The second kappa shape index (κ2) is 6.80. The van der Waals surface area contributed by atoms with Crippen LogP contribution in [0.25, 0.3) is 0 Å². The van der Waals surface area contributed by atoms with Gasteiger partial charge in [-0.15, -0.1) is 0 Å². The van der Waals surface area contributed by atoms with E-state index in [9.17, 15) is 18.9 Å². The number of alkyl halides is 2. The first-order valence-corrected chi connectivity index (χ1v) is 5.21. The summed E-state index contributed by atoms with van der Waals surface area (Å²) in [7, 11) is 0. The molecule has 100 valence electrons. The fraction of sp³-hybridized carbons (Fsp3) is 0.500. The van der Waals surface area contributed by atoms with Gasteiger partial charge in [-0.05, 0) is 6.92 Å². The maximum absolute atomic E-state index is 11.7. The van der Waals surface area contributed by atoms with Gasteiger partial charge in [0.05, 0.1) is 17.6 Å². The number of hydrogen-bond donors (Lipinski definition) is 1. The number of aryl methyl sites for hydroxylation is 1. The van der Waals surface area contributed by atoms with Crippen molar-refractivity contribution in [2.75, 3.05) is 25.1 Å². The lowest BCUT2D eigenvalue weighted by molar-refractivity contribution is -0.385. The maximum atomic E-state index is 11.7. The summed E-state index contributed by atoms with van der Waals surface area (Å²) in [5.74, 6) is 0.313. The average molecular weight is 261 g/mol. The molecule has 0 atom stereocenters. The second-order valence-electron chi connectivity index (χ2n) is 3.51. The van der Waals surface area contributed by atoms with Crippen LogP contribution in [0.4, 0.5) is 20.3 Å². The van der Waals surface area contributed by atoms with Crippen LogP contribution in [-0.2, 0) is 4.74 Å². The highest BCUT2D eigenvalue weighted by Crippen LogP contribution is 2.19. The predicted octanol–water partition coefficient (Wildman–Crippen LogP) is 1.99. The summed E-state index contributed by atoms with van der Waals surface area (Å²) in [5.41, 5.74) is 0.417. The SMILES string of the molecule is Cc1cnc(NCCOCC(F)F)cc1[N+](=O)[O-]. The molecule has 0 unspecified atom stereocenters. The molecule has 1 heterocycles. The Morgan fingerprint density at radius 3 is 2.94 bits per heavy atom. The highest BCUT2D eigenvalue weighted by atomic mass is 19.3. The van der Waals surface area contributed by atoms with Crippen molar-refractivity contribution in [1.82, 2.24) is 4.98 Å². The average Bonchev–Trinajstić information content (AvgIpc) is 2.30. The lowest BCUT2D eigenvalue weighted by Gasteiger charge is -2.06. The van der Waals surface area contributed by atoms with Crippen molar-refractivity contribution >= 4 is 11.5 Å². The van der Waals surface area contributed by atoms with Crippen LogP contribution in [0.2, 0.25) is 0 Å². The molecule has 0 aromatic carbocycles. The van der Waals surface area contributed by atoms with Crippen molar-refractivity contribution in [2.24, 2.45) is 0 Å². The van der Waals surface area contributed by atoms with E-state index in [0.29, 0.717) is 11.4 Å². The van der Waals surface area contributed by atoms with Crippen LogP contribution in [0.15, 0.2) is 12.3 Å². The number of rotatable bonds is 7. The molecule has 1 aromatic heterocycles. The molecule has 1 rings (SSSR count). The van der Waals surface area contributed by atoms with Crippen molar-refractivity contribution in [1.29, 1.82) is 0 Å². The zero-order valence-corrected chi connectivity index (χ0v) is 9.73. The van der Waals surface area contributed by atoms with Crippen LogP contribution in [0.3, 0.4) is 0 Å². The molecule has 6 nitrogen and oxygen atoms in total. The highest BCUT2D eigenvalue weighted by Gasteiger charge is 2.11. The largest absolute Gasteiger partial charge is 0.374 e. The van der Waals surface area contributed by atoms with Crippen molar-refractivity contribution in [3.05, 3.63) is 27.9 Å². The van der Waals surface area contributed by atoms with Gasteiger partial charge in [0, 0.05) is 18.3 Å². The van der Waals surface area contributed by atoms with E-state index in [1.165, 1.54) is 12.3 Å². The number of anilines is 1. The Labute approximate surface area is 102 Å². The Balaban J connectivity index is 2.43. The smallest absolute Gasteiger partial charge is 0.277 e. The summed E-state index contributed by atoms with van der Waals surface area (Å²) in [6.07, 6.45) is -1.12. The number of pyridine rings is 1. The number of nitrogens with zero attached hydrogens (tertiary/aromatic N) is 2. The predicted molar refractivity (Wildman–Crippen MR) is 60.9 cm³/mol. The van der Waals surface area contributed by atoms with Gasteiger partial charge in [-0.2, -0.15) is 0 Å². The van der Waals surface area contributed by atoms with Gasteiger partial charge in [0.1, 0.15) is 12.4 Å². The Hall–Kier alpha value is -1.83. The minimum Gasteiger partial charge on any atom is -0.374 e. The van der Waals surface area contributed by atoms with E-state index in [1.54, 1.807) is 6.92 Å².